The second-order valence-electron chi connectivity index (χ2n) is 4.70. The molecule has 1 fully saturated rings. The number of carbonyl (C=O) groups excluding carboxylic acids is 1. The van der Waals surface area contributed by atoms with Crippen LogP contribution in [0.4, 0.5) is 5.69 Å². The van der Waals surface area contributed by atoms with E-state index in [2.05, 4.69) is 22.2 Å². The summed E-state index contributed by atoms with van der Waals surface area (Å²) >= 11 is 0. The van der Waals surface area contributed by atoms with Gasteiger partial charge in [0.2, 0.25) is 5.91 Å². The van der Waals surface area contributed by atoms with Gasteiger partial charge in [-0.1, -0.05) is 6.92 Å². The molecule has 1 aromatic rings. The van der Waals surface area contributed by atoms with Crippen LogP contribution in [0.15, 0.2) is 12.4 Å². The van der Waals surface area contributed by atoms with Crippen molar-refractivity contribution in [3.05, 3.63) is 12.4 Å². The molecule has 1 atom stereocenters. The summed E-state index contributed by atoms with van der Waals surface area (Å²) < 4.78 is 1.55. The number of rotatable bonds is 5. The second-order valence-corrected chi connectivity index (χ2v) is 4.70. The Labute approximate surface area is 107 Å². The SMILES string of the molecule is CCN1CCCC1CNC(=O)Cn1cc(N)cn1. The molecule has 1 unspecified atom stereocenters. The number of nitrogens with two attached hydrogens (primary N) is 1. The lowest BCUT2D eigenvalue weighted by Crippen LogP contribution is -2.41. The molecule has 1 saturated heterocycles. The summed E-state index contributed by atoms with van der Waals surface area (Å²) in [6.45, 7) is 5.31. The first kappa shape index (κ1) is 12.9. The Morgan fingerprint density at radius 3 is 3.17 bits per heavy atom. The van der Waals surface area contributed by atoms with Gasteiger partial charge in [0.25, 0.3) is 0 Å². The van der Waals surface area contributed by atoms with Gasteiger partial charge in [-0.2, -0.15) is 5.10 Å². The lowest BCUT2D eigenvalue weighted by atomic mass is 10.2. The first-order valence-electron chi connectivity index (χ1n) is 6.47. The van der Waals surface area contributed by atoms with E-state index in [1.807, 2.05) is 0 Å². The number of amides is 1. The highest BCUT2D eigenvalue weighted by molar-refractivity contribution is 5.75. The van der Waals surface area contributed by atoms with Crippen LogP contribution in [0.1, 0.15) is 19.8 Å². The highest BCUT2D eigenvalue weighted by Crippen LogP contribution is 2.15. The predicted molar refractivity (Wildman–Crippen MR) is 69.9 cm³/mol. The molecule has 2 heterocycles. The summed E-state index contributed by atoms with van der Waals surface area (Å²) in [7, 11) is 0. The molecule has 0 radical (unpaired) electrons. The van der Waals surface area contributed by atoms with E-state index in [4.69, 9.17) is 5.73 Å². The predicted octanol–water partition coefficient (Wildman–Crippen LogP) is 0.0658. The van der Waals surface area contributed by atoms with Gasteiger partial charge >= 0.3 is 0 Å². The zero-order valence-corrected chi connectivity index (χ0v) is 10.8. The number of hydrogen-bond acceptors (Lipinski definition) is 4. The maximum Gasteiger partial charge on any atom is 0.241 e. The first-order valence-corrected chi connectivity index (χ1v) is 6.47. The number of anilines is 1. The number of hydrogen-bond donors (Lipinski definition) is 2. The lowest BCUT2D eigenvalue weighted by molar-refractivity contribution is -0.122. The molecule has 1 aromatic heterocycles. The van der Waals surface area contributed by atoms with Crippen molar-refractivity contribution in [2.24, 2.45) is 0 Å². The average Bonchev–Trinajstić information content (AvgIpc) is 2.95. The summed E-state index contributed by atoms with van der Waals surface area (Å²) in [4.78, 5) is 14.2. The van der Waals surface area contributed by atoms with Crippen LogP contribution < -0.4 is 11.1 Å². The fourth-order valence-electron chi connectivity index (χ4n) is 2.44. The Hall–Kier alpha value is -1.56. The van der Waals surface area contributed by atoms with Crippen molar-refractivity contribution in [2.75, 3.05) is 25.4 Å². The van der Waals surface area contributed by atoms with Crippen LogP contribution in [-0.4, -0.2) is 46.3 Å². The molecule has 6 nitrogen and oxygen atoms in total. The fraction of sp³-hybridized carbons (Fsp3) is 0.667. The van der Waals surface area contributed by atoms with E-state index in [0.29, 0.717) is 11.7 Å². The first-order chi connectivity index (χ1) is 8.69. The van der Waals surface area contributed by atoms with Crippen molar-refractivity contribution in [1.82, 2.24) is 20.0 Å². The average molecular weight is 251 g/mol. The monoisotopic (exact) mass is 251 g/mol. The smallest absolute Gasteiger partial charge is 0.241 e. The van der Waals surface area contributed by atoms with E-state index >= 15 is 0 Å². The Morgan fingerprint density at radius 2 is 2.50 bits per heavy atom. The molecule has 0 aliphatic carbocycles. The molecule has 0 aromatic carbocycles. The van der Waals surface area contributed by atoms with E-state index in [1.165, 1.54) is 12.8 Å². The van der Waals surface area contributed by atoms with Crippen LogP contribution in [0, 0.1) is 0 Å². The molecule has 1 aliphatic rings. The Bertz CT molecular complexity index is 403. The van der Waals surface area contributed by atoms with Gasteiger partial charge in [0.1, 0.15) is 6.54 Å². The molecular formula is C12H21N5O. The summed E-state index contributed by atoms with van der Waals surface area (Å²) in [6, 6.07) is 0.488. The van der Waals surface area contributed by atoms with Gasteiger partial charge < -0.3 is 11.1 Å². The summed E-state index contributed by atoms with van der Waals surface area (Å²) in [5.74, 6) is -0.0129. The summed E-state index contributed by atoms with van der Waals surface area (Å²) in [5.41, 5.74) is 6.12. The molecule has 2 rings (SSSR count). The van der Waals surface area contributed by atoms with E-state index in [1.54, 1.807) is 17.1 Å². The third-order valence-electron chi connectivity index (χ3n) is 3.40. The van der Waals surface area contributed by atoms with E-state index in [0.717, 1.165) is 19.6 Å². The molecule has 18 heavy (non-hydrogen) atoms. The molecule has 6 heteroatoms. The number of aromatic nitrogens is 2. The summed E-state index contributed by atoms with van der Waals surface area (Å²) in [6.07, 6.45) is 5.60. The fourth-order valence-corrected chi connectivity index (χ4v) is 2.44. The third kappa shape index (κ3) is 3.22. The number of nitrogens with zero attached hydrogens (tertiary/aromatic N) is 3. The van der Waals surface area contributed by atoms with Gasteiger partial charge in [0, 0.05) is 18.8 Å². The van der Waals surface area contributed by atoms with Crippen LogP contribution in [0.25, 0.3) is 0 Å². The zero-order valence-electron chi connectivity index (χ0n) is 10.8. The summed E-state index contributed by atoms with van der Waals surface area (Å²) in [5, 5.41) is 6.95. The van der Waals surface area contributed by atoms with Gasteiger partial charge in [0.15, 0.2) is 0 Å². The van der Waals surface area contributed by atoms with Crippen LogP contribution in [0.5, 0.6) is 0 Å². The van der Waals surface area contributed by atoms with Crippen molar-refractivity contribution >= 4 is 11.6 Å². The highest BCUT2D eigenvalue weighted by Gasteiger charge is 2.22. The number of nitrogens with one attached hydrogen (secondary N) is 1. The Balaban J connectivity index is 1.74. The standard InChI is InChI=1S/C12H21N5O/c1-2-16-5-3-4-11(16)7-14-12(18)9-17-8-10(13)6-15-17/h6,8,11H,2-5,7,9,13H2,1H3,(H,14,18). The number of carbonyl (C=O) groups is 1. The van der Waals surface area contributed by atoms with Crippen molar-refractivity contribution in [3.8, 4) is 0 Å². The quantitative estimate of drug-likeness (QED) is 0.776. The minimum absolute atomic E-state index is 0.0129. The topological polar surface area (TPSA) is 76.2 Å². The Kier molecular flexibility index (Phi) is 4.19. The maximum absolute atomic E-state index is 11.7. The maximum atomic E-state index is 11.7. The number of likely N-dealkylation sites (tertiary alicyclic amines) is 1. The minimum Gasteiger partial charge on any atom is -0.396 e. The molecule has 0 saturated carbocycles. The molecule has 0 spiro atoms. The van der Waals surface area contributed by atoms with Gasteiger partial charge in [-0.3, -0.25) is 14.4 Å². The molecule has 3 N–H and O–H groups in total. The van der Waals surface area contributed by atoms with Gasteiger partial charge in [0.05, 0.1) is 11.9 Å². The molecule has 100 valence electrons. The van der Waals surface area contributed by atoms with Crippen LogP contribution in [0.2, 0.25) is 0 Å². The molecule has 1 amide bonds. The largest absolute Gasteiger partial charge is 0.396 e. The van der Waals surface area contributed by atoms with Crippen LogP contribution in [0.3, 0.4) is 0 Å². The van der Waals surface area contributed by atoms with Gasteiger partial charge in [-0.15, -0.1) is 0 Å². The molecular weight excluding hydrogens is 230 g/mol. The minimum atomic E-state index is -0.0129. The van der Waals surface area contributed by atoms with E-state index < -0.39 is 0 Å². The molecule has 1 aliphatic heterocycles. The van der Waals surface area contributed by atoms with Gasteiger partial charge in [-0.05, 0) is 25.9 Å². The van der Waals surface area contributed by atoms with Crippen LogP contribution in [-0.2, 0) is 11.3 Å². The third-order valence-corrected chi connectivity index (χ3v) is 3.40. The number of likely N-dealkylation sites (N-methyl/N-ethyl adjacent to an activating group) is 1. The number of nitrogen functional groups attached to an aromatic ring is 1. The van der Waals surface area contributed by atoms with Crippen LogP contribution >= 0.6 is 0 Å². The van der Waals surface area contributed by atoms with E-state index in [9.17, 15) is 4.79 Å². The normalized spacial score (nSPS) is 20.2. The Morgan fingerprint density at radius 1 is 1.67 bits per heavy atom. The lowest BCUT2D eigenvalue weighted by Gasteiger charge is -2.22. The molecule has 0 bridgehead atoms. The van der Waals surface area contributed by atoms with Crippen molar-refractivity contribution in [2.45, 2.75) is 32.4 Å². The van der Waals surface area contributed by atoms with Gasteiger partial charge in [-0.25, -0.2) is 0 Å². The van der Waals surface area contributed by atoms with Crippen molar-refractivity contribution in [3.63, 3.8) is 0 Å². The van der Waals surface area contributed by atoms with Crippen molar-refractivity contribution < 1.29 is 4.79 Å². The zero-order chi connectivity index (χ0) is 13.0. The second kappa shape index (κ2) is 5.86. The van der Waals surface area contributed by atoms with E-state index in [-0.39, 0.29) is 12.5 Å². The van der Waals surface area contributed by atoms with Crippen molar-refractivity contribution in [1.29, 1.82) is 0 Å². The highest BCUT2D eigenvalue weighted by atomic mass is 16.2.